The number of nitrogens with zero attached hydrogens (tertiary/aromatic N) is 3. The fourth-order valence-electron chi connectivity index (χ4n) is 7.71. The summed E-state index contributed by atoms with van der Waals surface area (Å²) in [7, 11) is 0. The van der Waals surface area contributed by atoms with Gasteiger partial charge in [-0.3, -0.25) is 0 Å². The van der Waals surface area contributed by atoms with E-state index in [0.717, 1.165) is 93.2 Å². The van der Waals surface area contributed by atoms with Gasteiger partial charge in [-0.25, -0.2) is 15.0 Å². The van der Waals surface area contributed by atoms with Crippen LogP contribution in [0.25, 0.3) is 111 Å². The van der Waals surface area contributed by atoms with Gasteiger partial charge in [0.25, 0.3) is 0 Å². The quantitative estimate of drug-likeness (QED) is 0.187. The van der Waals surface area contributed by atoms with Crippen LogP contribution in [0, 0.1) is 0 Å². The van der Waals surface area contributed by atoms with Crippen molar-refractivity contribution in [2.45, 2.75) is 0 Å². The second-order valence-corrected chi connectivity index (χ2v) is 13.1. The van der Waals surface area contributed by atoms with E-state index in [9.17, 15) is 0 Å². The third kappa shape index (κ3) is 4.39. The number of rotatable bonds is 4. The van der Waals surface area contributed by atoms with Gasteiger partial charge in [0.15, 0.2) is 17.5 Å². The van der Waals surface area contributed by atoms with E-state index in [1.807, 2.05) is 36.4 Å². The van der Waals surface area contributed by atoms with Crippen LogP contribution in [0.2, 0.25) is 0 Å². The molecule has 0 aliphatic rings. The van der Waals surface area contributed by atoms with Crippen molar-refractivity contribution in [2.75, 3.05) is 0 Å². The number of hydrogen-bond acceptors (Lipinski definition) is 5. The summed E-state index contributed by atoms with van der Waals surface area (Å²) < 4.78 is 13.1. The monoisotopic (exact) mass is 665 g/mol. The van der Waals surface area contributed by atoms with Crippen molar-refractivity contribution in [3.63, 3.8) is 0 Å². The van der Waals surface area contributed by atoms with Gasteiger partial charge >= 0.3 is 0 Å². The molecule has 5 heteroatoms. The van der Waals surface area contributed by atoms with Crippen molar-refractivity contribution in [2.24, 2.45) is 0 Å². The minimum atomic E-state index is 0.533. The molecule has 0 amide bonds. The number of benzene rings is 8. The first-order chi connectivity index (χ1) is 25.8. The molecule has 0 saturated heterocycles. The molecule has 0 N–H and O–H groups in total. The van der Waals surface area contributed by atoms with E-state index in [0.29, 0.717) is 17.5 Å². The van der Waals surface area contributed by atoms with Gasteiger partial charge < -0.3 is 8.83 Å². The maximum atomic E-state index is 6.86. The Balaban J connectivity index is 1.24. The zero-order chi connectivity index (χ0) is 34.2. The van der Waals surface area contributed by atoms with Crippen molar-refractivity contribution in [3.05, 3.63) is 164 Å². The summed E-state index contributed by atoms with van der Waals surface area (Å²) in [6.07, 6.45) is 0. The highest BCUT2D eigenvalue weighted by Gasteiger charge is 2.23. The summed E-state index contributed by atoms with van der Waals surface area (Å²) in [5.74, 6) is 1.68. The Hall–Kier alpha value is -7.11. The molecule has 0 spiro atoms. The Morgan fingerprint density at radius 2 is 0.981 bits per heavy atom. The normalized spacial score (nSPS) is 11.8. The predicted octanol–water partition coefficient (Wildman–Crippen LogP) is 12.6. The molecular weight excluding hydrogens is 639 g/mol. The molecule has 0 unspecified atom stereocenters. The van der Waals surface area contributed by atoms with Crippen LogP contribution in [0.3, 0.4) is 0 Å². The number of hydrogen-bond donors (Lipinski definition) is 0. The maximum Gasteiger partial charge on any atom is 0.167 e. The Morgan fingerprint density at radius 3 is 1.87 bits per heavy atom. The smallest absolute Gasteiger partial charge is 0.167 e. The van der Waals surface area contributed by atoms with Crippen molar-refractivity contribution in [1.82, 2.24) is 15.0 Å². The van der Waals surface area contributed by atoms with Crippen LogP contribution < -0.4 is 0 Å². The average molecular weight is 666 g/mol. The molecule has 0 fully saturated rings. The van der Waals surface area contributed by atoms with Crippen LogP contribution >= 0.6 is 0 Å². The van der Waals surface area contributed by atoms with Gasteiger partial charge in [-0.05, 0) is 63.0 Å². The lowest BCUT2D eigenvalue weighted by Gasteiger charge is -2.11. The molecule has 3 heterocycles. The first kappa shape index (κ1) is 28.7. The van der Waals surface area contributed by atoms with Crippen molar-refractivity contribution >= 4 is 65.4 Å². The molecule has 3 aromatic heterocycles. The van der Waals surface area contributed by atoms with Gasteiger partial charge in [0.2, 0.25) is 0 Å². The average Bonchev–Trinajstić information content (AvgIpc) is 3.80. The summed E-state index contributed by atoms with van der Waals surface area (Å²) in [4.78, 5) is 15.7. The van der Waals surface area contributed by atoms with Gasteiger partial charge in [0, 0.05) is 32.7 Å². The molecular formula is C47H27N3O2. The lowest BCUT2D eigenvalue weighted by molar-refractivity contribution is 0.668. The zero-order valence-electron chi connectivity index (χ0n) is 27.7. The minimum absolute atomic E-state index is 0.533. The highest BCUT2D eigenvalue weighted by Crippen LogP contribution is 2.44. The summed E-state index contributed by atoms with van der Waals surface area (Å²) in [6, 6.07) is 56.3. The molecule has 5 nitrogen and oxygen atoms in total. The Labute approximate surface area is 297 Å². The molecule has 11 rings (SSSR count). The molecule has 0 aliphatic carbocycles. The van der Waals surface area contributed by atoms with Crippen LogP contribution in [0.15, 0.2) is 173 Å². The van der Waals surface area contributed by atoms with Crippen LogP contribution in [0.1, 0.15) is 0 Å². The Morgan fingerprint density at radius 1 is 0.327 bits per heavy atom. The van der Waals surface area contributed by atoms with Crippen LogP contribution in [0.4, 0.5) is 0 Å². The Kier molecular flexibility index (Phi) is 6.18. The molecule has 8 aromatic carbocycles. The van der Waals surface area contributed by atoms with Gasteiger partial charge in [-0.15, -0.1) is 0 Å². The minimum Gasteiger partial charge on any atom is -0.456 e. The third-order valence-electron chi connectivity index (χ3n) is 10.1. The molecule has 0 radical (unpaired) electrons. The van der Waals surface area contributed by atoms with E-state index in [2.05, 4.69) is 127 Å². The number of furan rings is 2. The standard InChI is InChI=1S/C47H27N3O2/c1-2-12-29(13-3-1)34-24-25-37(44-43(34)42-33-16-7-6-14-30(33)23-26-40(42)52-44)47-49-45(32-22-21-28-11-4-5-15-31(28)27-32)48-46(50-47)36-18-10-20-39-41(36)35-17-8-9-19-38(35)51-39/h1-27H. The fourth-order valence-corrected chi connectivity index (χ4v) is 7.71. The van der Waals surface area contributed by atoms with Crippen molar-refractivity contribution in [1.29, 1.82) is 0 Å². The summed E-state index contributed by atoms with van der Waals surface area (Å²) in [5, 5.41) is 8.66. The van der Waals surface area contributed by atoms with Gasteiger partial charge in [0.05, 0.1) is 5.56 Å². The topological polar surface area (TPSA) is 65.0 Å². The van der Waals surface area contributed by atoms with Crippen molar-refractivity contribution < 1.29 is 8.83 Å². The van der Waals surface area contributed by atoms with E-state index in [-0.39, 0.29) is 0 Å². The fraction of sp³-hybridized carbons (Fsp3) is 0. The summed E-state index contributed by atoms with van der Waals surface area (Å²) in [6.45, 7) is 0. The molecule has 0 bridgehead atoms. The van der Waals surface area contributed by atoms with Crippen LogP contribution in [-0.2, 0) is 0 Å². The second-order valence-electron chi connectivity index (χ2n) is 13.1. The van der Waals surface area contributed by atoms with E-state index in [1.54, 1.807) is 0 Å². The Bertz CT molecular complexity index is 3190. The molecule has 52 heavy (non-hydrogen) atoms. The van der Waals surface area contributed by atoms with E-state index in [1.165, 1.54) is 0 Å². The SMILES string of the molecule is c1ccc(-c2ccc(-c3nc(-c4ccc5ccccc5c4)nc(-c4cccc5oc6ccccc6c45)n3)c3oc4ccc5ccccc5c4c23)cc1. The first-order valence-electron chi connectivity index (χ1n) is 17.4. The van der Waals surface area contributed by atoms with E-state index < -0.39 is 0 Å². The molecule has 11 aromatic rings. The zero-order valence-corrected chi connectivity index (χ0v) is 27.7. The number of aromatic nitrogens is 3. The van der Waals surface area contributed by atoms with Crippen molar-refractivity contribution in [3.8, 4) is 45.3 Å². The molecule has 0 saturated carbocycles. The summed E-state index contributed by atoms with van der Waals surface area (Å²) in [5.41, 5.74) is 7.94. The predicted molar refractivity (Wildman–Crippen MR) is 211 cm³/mol. The summed E-state index contributed by atoms with van der Waals surface area (Å²) >= 11 is 0. The first-order valence-corrected chi connectivity index (χ1v) is 17.4. The highest BCUT2D eigenvalue weighted by atomic mass is 16.3. The lowest BCUT2D eigenvalue weighted by atomic mass is 9.95. The molecule has 0 atom stereocenters. The lowest BCUT2D eigenvalue weighted by Crippen LogP contribution is -2.01. The number of para-hydroxylation sites is 1. The maximum absolute atomic E-state index is 6.86. The van der Waals surface area contributed by atoms with E-state index in [4.69, 9.17) is 23.8 Å². The number of fused-ring (bicyclic) bond motifs is 9. The highest BCUT2D eigenvalue weighted by molar-refractivity contribution is 6.24. The third-order valence-corrected chi connectivity index (χ3v) is 10.1. The van der Waals surface area contributed by atoms with Gasteiger partial charge in [-0.1, -0.05) is 133 Å². The van der Waals surface area contributed by atoms with E-state index >= 15 is 0 Å². The van der Waals surface area contributed by atoms with Gasteiger partial charge in [-0.2, -0.15) is 0 Å². The molecule has 242 valence electrons. The van der Waals surface area contributed by atoms with Crippen LogP contribution in [-0.4, -0.2) is 15.0 Å². The largest absolute Gasteiger partial charge is 0.456 e. The molecule has 0 aliphatic heterocycles. The van der Waals surface area contributed by atoms with Gasteiger partial charge in [0.1, 0.15) is 22.3 Å². The van der Waals surface area contributed by atoms with Crippen LogP contribution in [0.5, 0.6) is 0 Å². The second kappa shape index (κ2) is 11.2.